The molecule has 2 saturated heterocycles. The molecular formula is C18H31NO4. The van der Waals surface area contributed by atoms with Gasteiger partial charge in [0.05, 0.1) is 24.0 Å². The maximum Gasteiger partial charge on any atom is 0.310 e. The number of amides is 1. The van der Waals surface area contributed by atoms with E-state index in [9.17, 15) is 14.7 Å². The van der Waals surface area contributed by atoms with Crippen LogP contribution in [0.15, 0.2) is 0 Å². The van der Waals surface area contributed by atoms with Crippen LogP contribution in [0.2, 0.25) is 0 Å². The standard InChI is InChI=1S/C18H31NO4/c1-2-3-4-5-6-7-8-9-12-19-17(20)15-13-10-11-14(23-13)16(15)18(21)22/h13-16H,2-12H2,1H3,(H,19,20)(H,21,22)/t13-,14+,15?,16?/m1/s1. The summed E-state index contributed by atoms with van der Waals surface area (Å²) < 4.78 is 5.63. The molecule has 2 heterocycles. The van der Waals surface area contributed by atoms with Crippen LogP contribution in [0.5, 0.6) is 0 Å². The van der Waals surface area contributed by atoms with Crippen molar-refractivity contribution in [3.63, 3.8) is 0 Å². The van der Waals surface area contributed by atoms with E-state index < -0.39 is 17.8 Å². The maximum absolute atomic E-state index is 12.3. The maximum atomic E-state index is 12.3. The van der Waals surface area contributed by atoms with Crippen molar-refractivity contribution in [3.8, 4) is 0 Å². The number of carbonyl (C=O) groups is 2. The molecule has 1 amide bonds. The van der Waals surface area contributed by atoms with E-state index >= 15 is 0 Å². The molecule has 0 aromatic heterocycles. The predicted molar refractivity (Wildman–Crippen MR) is 88.1 cm³/mol. The molecule has 0 radical (unpaired) electrons. The van der Waals surface area contributed by atoms with E-state index in [2.05, 4.69) is 12.2 Å². The number of carboxylic acids is 1. The molecule has 0 spiro atoms. The summed E-state index contributed by atoms with van der Waals surface area (Å²) in [6.07, 6.45) is 10.9. The number of carboxylic acid groups (broad SMARTS) is 1. The Morgan fingerprint density at radius 2 is 1.52 bits per heavy atom. The lowest BCUT2D eigenvalue weighted by Crippen LogP contribution is -2.44. The Balaban J connectivity index is 1.59. The minimum atomic E-state index is -0.899. The van der Waals surface area contributed by atoms with Crippen LogP contribution in [0.25, 0.3) is 0 Å². The van der Waals surface area contributed by atoms with Crippen LogP contribution in [0.3, 0.4) is 0 Å². The summed E-state index contributed by atoms with van der Waals surface area (Å²) in [6.45, 7) is 2.87. The fourth-order valence-corrected chi connectivity index (χ4v) is 3.91. The zero-order valence-electron chi connectivity index (χ0n) is 14.3. The molecule has 2 aliphatic heterocycles. The molecule has 0 saturated carbocycles. The Hall–Kier alpha value is -1.10. The van der Waals surface area contributed by atoms with E-state index in [4.69, 9.17) is 4.74 Å². The number of nitrogens with one attached hydrogen (secondary N) is 1. The number of unbranched alkanes of at least 4 members (excludes halogenated alkanes) is 7. The van der Waals surface area contributed by atoms with Crippen LogP contribution in [-0.4, -0.2) is 35.7 Å². The third kappa shape index (κ3) is 4.93. The zero-order valence-corrected chi connectivity index (χ0v) is 14.3. The largest absolute Gasteiger partial charge is 0.481 e. The molecule has 23 heavy (non-hydrogen) atoms. The van der Waals surface area contributed by atoms with Crippen molar-refractivity contribution in [1.29, 1.82) is 0 Å². The highest BCUT2D eigenvalue weighted by atomic mass is 16.5. The first-order valence-corrected chi connectivity index (χ1v) is 9.31. The summed E-state index contributed by atoms with van der Waals surface area (Å²) in [5.74, 6) is -2.19. The quantitative estimate of drug-likeness (QED) is 0.572. The first-order valence-electron chi connectivity index (χ1n) is 9.31. The first kappa shape index (κ1) is 18.2. The van der Waals surface area contributed by atoms with E-state index in [0.717, 1.165) is 25.7 Å². The molecular weight excluding hydrogens is 294 g/mol. The van der Waals surface area contributed by atoms with Gasteiger partial charge in [-0.05, 0) is 19.3 Å². The summed E-state index contributed by atoms with van der Waals surface area (Å²) in [5.41, 5.74) is 0. The van der Waals surface area contributed by atoms with E-state index in [1.165, 1.54) is 38.5 Å². The summed E-state index contributed by atoms with van der Waals surface area (Å²) in [4.78, 5) is 23.7. The molecule has 2 N–H and O–H groups in total. The number of ether oxygens (including phenoxy) is 1. The lowest BCUT2D eigenvalue weighted by molar-refractivity contribution is -0.147. The molecule has 132 valence electrons. The lowest BCUT2D eigenvalue weighted by atomic mass is 9.78. The van der Waals surface area contributed by atoms with Crippen molar-refractivity contribution >= 4 is 11.9 Å². The van der Waals surface area contributed by atoms with Crippen molar-refractivity contribution in [2.24, 2.45) is 11.8 Å². The Labute approximate surface area is 139 Å². The van der Waals surface area contributed by atoms with E-state index in [-0.39, 0.29) is 18.1 Å². The van der Waals surface area contributed by atoms with Gasteiger partial charge < -0.3 is 15.2 Å². The average molecular weight is 325 g/mol. The second-order valence-electron chi connectivity index (χ2n) is 6.95. The molecule has 2 fully saturated rings. The molecule has 5 nitrogen and oxygen atoms in total. The molecule has 0 aromatic rings. The third-order valence-corrected chi connectivity index (χ3v) is 5.19. The van der Waals surface area contributed by atoms with Crippen LogP contribution in [0, 0.1) is 11.8 Å². The fraction of sp³-hybridized carbons (Fsp3) is 0.889. The smallest absolute Gasteiger partial charge is 0.310 e. The summed E-state index contributed by atoms with van der Waals surface area (Å²) in [6, 6.07) is 0. The van der Waals surface area contributed by atoms with Crippen molar-refractivity contribution in [1.82, 2.24) is 5.32 Å². The van der Waals surface area contributed by atoms with E-state index in [1.807, 2.05) is 0 Å². The monoisotopic (exact) mass is 325 g/mol. The highest BCUT2D eigenvalue weighted by Crippen LogP contribution is 2.43. The van der Waals surface area contributed by atoms with Crippen LogP contribution in [0.1, 0.15) is 71.1 Å². The van der Waals surface area contributed by atoms with Gasteiger partial charge >= 0.3 is 5.97 Å². The number of rotatable bonds is 11. The molecule has 2 rings (SSSR count). The van der Waals surface area contributed by atoms with Crippen LogP contribution < -0.4 is 5.32 Å². The van der Waals surface area contributed by atoms with Crippen LogP contribution >= 0.6 is 0 Å². The van der Waals surface area contributed by atoms with Gasteiger partial charge in [-0.15, -0.1) is 0 Å². The van der Waals surface area contributed by atoms with Crippen molar-refractivity contribution in [2.45, 2.75) is 83.3 Å². The van der Waals surface area contributed by atoms with E-state index in [0.29, 0.717) is 6.54 Å². The van der Waals surface area contributed by atoms with Crippen molar-refractivity contribution < 1.29 is 19.4 Å². The summed E-state index contributed by atoms with van der Waals surface area (Å²) >= 11 is 0. The van der Waals surface area contributed by atoms with Gasteiger partial charge in [-0.1, -0.05) is 51.9 Å². The Bertz CT molecular complexity index is 398. The number of carbonyl (C=O) groups excluding carboxylic acids is 1. The molecule has 2 aliphatic rings. The van der Waals surface area contributed by atoms with Gasteiger partial charge in [0.1, 0.15) is 0 Å². The topological polar surface area (TPSA) is 75.6 Å². The summed E-state index contributed by atoms with van der Waals surface area (Å²) in [5, 5.41) is 12.2. The van der Waals surface area contributed by atoms with Gasteiger partial charge in [-0.25, -0.2) is 0 Å². The van der Waals surface area contributed by atoms with E-state index in [1.54, 1.807) is 0 Å². The normalized spacial score (nSPS) is 28.9. The second-order valence-corrected chi connectivity index (χ2v) is 6.95. The average Bonchev–Trinajstić information content (AvgIpc) is 3.14. The fourth-order valence-electron chi connectivity index (χ4n) is 3.91. The molecule has 2 unspecified atom stereocenters. The van der Waals surface area contributed by atoms with Gasteiger partial charge in [0, 0.05) is 6.54 Å². The molecule has 5 heteroatoms. The molecule has 2 bridgehead atoms. The predicted octanol–water partition coefficient (Wildman–Crippen LogP) is 3.12. The second kappa shape index (κ2) is 9.26. The third-order valence-electron chi connectivity index (χ3n) is 5.19. The minimum absolute atomic E-state index is 0.132. The summed E-state index contributed by atoms with van der Waals surface area (Å²) in [7, 11) is 0. The van der Waals surface area contributed by atoms with Crippen LogP contribution in [0.4, 0.5) is 0 Å². The lowest BCUT2D eigenvalue weighted by Gasteiger charge is -2.23. The van der Waals surface area contributed by atoms with Crippen molar-refractivity contribution in [3.05, 3.63) is 0 Å². The minimum Gasteiger partial charge on any atom is -0.481 e. The molecule has 0 aromatic carbocycles. The number of fused-ring (bicyclic) bond motifs is 2. The Morgan fingerprint density at radius 3 is 2.13 bits per heavy atom. The Kier molecular flexibility index (Phi) is 7.34. The zero-order chi connectivity index (χ0) is 16.7. The molecule has 4 atom stereocenters. The van der Waals surface area contributed by atoms with Gasteiger partial charge in [-0.3, -0.25) is 9.59 Å². The highest BCUT2D eigenvalue weighted by Gasteiger charge is 2.55. The van der Waals surface area contributed by atoms with Crippen LogP contribution in [-0.2, 0) is 14.3 Å². The van der Waals surface area contributed by atoms with Gasteiger partial charge in [0.25, 0.3) is 0 Å². The first-order chi connectivity index (χ1) is 11.1. The van der Waals surface area contributed by atoms with Gasteiger partial charge in [0.2, 0.25) is 5.91 Å². The SMILES string of the molecule is CCCCCCCCCCNC(=O)C1C(C(=O)O)[C@@H]2CC[C@H]1O2. The van der Waals surface area contributed by atoms with Gasteiger partial charge in [-0.2, -0.15) is 0 Å². The van der Waals surface area contributed by atoms with Gasteiger partial charge in [0.15, 0.2) is 0 Å². The van der Waals surface area contributed by atoms with Crippen molar-refractivity contribution in [2.75, 3.05) is 6.54 Å². The number of aliphatic carboxylic acids is 1. The Morgan fingerprint density at radius 1 is 0.957 bits per heavy atom. The molecule has 0 aliphatic carbocycles. The number of hydrogen-bond acceptors (Lipinski definition) is 3. The number of hydrogen-bond donors (Lipinski definition) is 2. The highest BCUT2D eigenvalue weighted by molar-refractivity contribution is 5.86.